The standard InChI is InChI=1S/C48H34N2O/c1-2-11-31(12-3-1)32-21-24-45-40(27-32)37-15-4-7-18-43(37)49(45)35-13-10-14-36(30-35)50-44-19-8-5-16-38(44)41-28-33(22-25-46(41)50)34-23-26-48-42(29-34)39-17-6-9-20-47(39)51-48/h2,4-8,10-19,21-30H,1,3,9,20H2. The zero-order chi connectivity index (χ0) is 33.5. The van der Waals surface area contributed by atoms with Crippen LogP contribution in [-0.2, 0) is 6.42 Å². The van der Waals surface area contributed by atoms with E-state index in [-0.39, 0.29) is 0 Å². The van der Waals surface area contributed by atoms with E-state index in [1.807, 2.05) is 0 Å². The molecule has 0 radical (unpaired) electrons. The predicted octanol–water partition coefficient (Wildman–Crippen LogP) is 13.0. The molecule has 242 valence electrons. The third-order valence-corrected chi connectivity index (χ3v) is 11.0. The van der Waals surface area contributed by atoms with Crippen LogP contribution in [0.25, 0.3) is 88.7 Å². The Labute approximate surface area is 295 Å². The molecule has 0 bridgehead atoms. The Morgan fingerprint density at radius 3 is 1.76 bits per heavy atom. The Hall–Kier alpha value is -6.32. The molecule has 3 nitrogen and oxygen atoms in total. The van der Waals surface area contributed by atoms with Crippen LogP contribution >= 0.6 is 0 Å². The molecule has 0 fully saturated rings. The zero-order valence-corrected chi connectivity index (χ0v) is 28.1. The first-order valence-electron chi connectivity index (χ1n) is 18.1. The molecule has 9 aromatic rings. The van der Waals surface area contributed by atoms with Gasteiger partial charge in [0.05, 0.1) is 22.1 Å². The minimum Gasteiger partial charge on any atom is -0.460 e. The Kier molecular flexibility index (Phi) is 6.20. The first-order valence-corrected chi connectivity index (χ1v) is 18.1. The molecule has 0 N–H and O–H groups in total. The van der Waals surface area contributed by atoms with Gasteiger partial charge in [-0.2, -0.15) is 0 Å². The number of para-hydroxylation sites is 2. The van der Waals surface area contributed by atoms with Gasteiger partial charge < -0.3 is 13.6 Å². The molecule has 3 heterocycles. The topological polar surface area (TPSA) is 23.0 Å². The van der Waals surface area contributed by atoms with Gasteiger partial charge in [0, 0.05) is 50.3 Å². The van der Waals surface area contributed by atoms with E-state index >= 15 is 0 Å². The maximum Gasteiger partial charge on any atom is 0.134 e. The second kappa shape index (κ2) is 11.1. The highest BCUT2D eigenvalue weighted by Crippen LogP contribution is 2.39. The van der Waals surface area contributed by atoms with Gasteiger partial charge in [0.1, 0.15) is 11.3 Å². The number of rotatable bonds is 4. The Morgan fingerprint density at radius 2 is 1.06 bits per heavy atom. The van der Waals surface area contributed by atoms with Crippen molar-refractivity contribution in [1.82, 2.24) is 9.13 Å². The second-order valence-corrected chi connectivity index (χ2v) is 13.9. The predicted molar refractivity (Wildman–Crippen MR) is 214 cm³/mol. The van der Waals surface area contributed by atoms with E-state index in [1.54, 1.807) is 0 Å². The Morgan fingerprint density at radius 1 is 0.451 bits per heavy atom. The summed E-state index contributed by atoms with van der Waals surface area (Å²) in [5.74, 6) is 1.10. The first-order chi connectivity index (χ1) is 25.3. The lowest BCUT2D eigenvalue weighted by Gasteiger charge is -2.13. The first kappa shape index (κ1) is 28.5. The van der Waals surface area contributed by atoms with Crippen LogP contribution in [0.4, 0.5) is 0 Å². The molecule has 0 aliphatic heterocycles. The normalized spacial score (nSPS) is 14.3. The highest BCUT2D eigenvalue weighted by molar-refractivity contribution is 6.12. The lowest BCUT2D eigenvalue weighted by molar-refractivity contribution is 0.546. The maximum absolute atomic E-state index is 6.21. The van der Waals surface area contributed by atoms with Gasteiger partial charge in [0.25, 0.3) is 0 Å². The molecule has 0 atom stereocenters. The van der Waals surface area contributed by atoms with Crippen molar-refractivity contribution in [2.45, 2.75) is 25.7 Å². The molecule has 2 aliphatic carbocycles. The highest BCUT2D eigenvalue weighted by Gasteiger charge is 2.18. The van der Waals surface area contributed by atoms with Crippen LogP contribution in [-0.4, -0.2) is 9.13 Å². The summed E-state index contributed by atoms with van der Waals surface area (Å²) in [6.07, 6.45) is 15.6. The minimum absolute atomic E-state index is 0.968. The number of hydrogen-bond donors (Lipinski definition) is 0. The third kappa shape index (κ3) is 4.38. The van der Waals surface area contributed by atoms with Crippen molar-refractivity contribution >= 4 is 66.2 Å². The quantitative estimate of drug-likeness (QED) is 0.185. The van der Waals surface area contributed by atoms with Crippen molar-refractivity contribution in [3.05, 3.63) is 169 Å². The van der Waals surface area contributed by atoms with Crippen molar-refractivity contribution in [3.63, 3.8) is 0 Å². The average Bonchev–Trinajstić information content (AvgIpc) is 3.85. The number of fused-ring (bicyclic) bond motifs is 9. The molecular weight excluding hydrogens is 621 g/mol. The summed E-state index contributed by atoms with van der Waals surface area (Å²) >= 11 is 0. The van der Waals surface area contributed by atoms with Gasteiger partial charge in [-0.15, -0.1) is 0 Å². The second-order valence-electron chi connectivity index (χ2n) is 13.9. The van der Waals surface area contributed by atoms with Crippen molar-refractivity contribution in [1.29, 1.82) is 0 Å². The largest absolute Gasteiger partial charge is 0.460 e. The summed E-state index contributed by atoms with van der Waals surface area (Å²) in [6, 6.07) is 47.1. The molecule has 0 unspecified atom stereocenters. The average molecular weight is 655 g/mol. The summed E-state index contributed by atoms with van der Waals surface area (Å²) in [5, 5.41) is 6.25. The van der Waals surface area contributed by atoms with Crippen LogP contribution in [0.15, 0.2) is 156 Å². The summed E-state index contributed by atoms with van der Waals surface area (Å²) in [7, 11) is 0. The van der Waals surface area contributed by atoms with Crippen LogP contribution < -0.4 is 0 Å². The monoisotopic (exact) mass is 654 g/mol. The van der Waals surface area contributed by atoms with Crippen LogP contribution in [0.3, 0.4) is 0 Å². The van der Waals surface area contributed by atoms with Crippen LogP contribution in [0.1, 0.15) is 36.1 Å². The van der Waals surface area contributed by atoms with Gasteiger partial charge in [-0.05, 0) is 108 Å². The number of allylic oxidation sites excluding steroid dienone is 5. The summed E-state index contributed by atoms with van der Waals surface area (Å²) in [5.41, 5.74) is 14.3. The molecular formula is C48H34N2O. The smallest absolute Gasteiger partial charge is 0.134 e. The SMILES string of the molecule is C1=CC(c2ccc3c(c2)c2ccccc2n3-c2cccc(-n3c4ccccc4c4cc(-c5ccc6oc7c(c6c5)C=CCC7)ccc43)c2)=CCC1. The molecule has 0 saturated carbocycles. The van der Waals surface area contributed by atoms with Crippen molar-refractivity contribution in [3.8, 4) is 22.5 Å². The number of furan rings is 1. The van der Waals surface area contributed by atoms with Gasteiger partial charge in [-0.1, -0.05) is 91.0 Å². The van der Waals surface area contributed by atoms with Crippen molar-refractivity contribution in [2.24, 2.45) is 0 Å². The lowest BCUT2D eigenvalue weighted by Crippen LogP contribution is -1.98. The summed E-state index contributed by atoms with van der Waals surface area (Å²) in [6.45, 7) is 0. The van der Waals surface area contributed by atoms with Crippen molar-refractivity contribution < 1.29 is 4.42 Å². The number of hydrogen-bond acceptors (Lipinski definition) is 1. The van der Waals surface area contributed by atoms with Crippen molar-refractivity contribution in [2.75, 3.05) is 0 Å². The molecule has 0 saturated heterocycles. The van der Waals surface area contributed by atoms with E-state index in [0.717, 1.165) is 48.4 Å². The van der Waals surface area contributed by atoms with E-state index in [0.29, 0.717) is 0 Å². The van der Waals surface area contributed by atoms with E-state index in [9.17, 15) is 0 Å². The zero-order valence-electron chi connectivity index (χ0n) is 28.1. The van der Waals surface area contributed by atoms with E-state index in [4.69, 9.17) is 4.42 Å². The molecule has 6 aromatic carbocycles. The molecule has 2 aliphatic rings. The molecule has 3 heteroatoms. The lowest BCUT2D eigenvalue weighted by atomic mass is 9.98. The van der Waals surface area contributed by atoms with Crippen LogP contribution in [0.2, 0.25) is 0 Å². The van der Waals surface area contributed by atoms with Gasteiger partial charge in [-0.3, -0.25) is 0 Å². The fraction of sp³-hybridized carbons (Fsp3) is 0.0833. The maximum atomic E-state index is 6.21. The Bertz CT molecular complexity index is 2970. The fourth-order valence-electron chi connectivity index (χ4n) is 8.59. The van der Waals surface area contributed by atoms with E-state index in [1.165, 1.54) is 76.8 Å². The fourth-order valence-corrected chi connectivity index (χ4v) is 8.59. The van der Waals surface area contributed by atoms with Crippen LogP contribution in [0, 0.1) is 0 Å². The minimum atomic E-state index is 0.968. The number of aryl methyl sites for hydroxylation is 1. The van der Waals surface area contributed by atoms with Gasteiger partial charge in [-0.25, -0.2) is 0 Å². The molecule has 0 spiro atoms. The molecule has 11 rings (SSSR count). The van der Waals surface area contributed by atoms with Gasteiger partial charge in [0.2, 0.25) is 0 Å². The molecule has 0 amide bonds. The molecule has 51 heavy (non-hydrogen) atoms. The van der Waals surface area contributed by atoms with E-state index < -0.39 is 0 Å². The van der Waals surface area contributed by atoms with Gasteiger partial charge >= 0.3 is 0 Å². The van der Waals surface area contributed by atoms with Gasteiger partial charge in [0.15, 0.2) is 0 Å². The molecule has 3 aromatic heterocycles. The Balaban J connectivity index is 1.07. The highest BCUT2D eigenvalue weighted by atomic mass is 16.3. The van der Waals surface area contributed by atoms with Crippen LogP contribution in [0.5, 0.6) is 0 Å². The number of benzene rings is 6. The number of aromatic nitrogens is 2. The van der Waals surface area contributed by atoms with E-state index in [2.05, 4.69) is 167 Å². The summed E-state index contributed by atoms with van der Waals surface area (Å²) in [4.78, 5) is 0. The summed E-state index contributed by atoms with van der Waals surface area (Å²) < 4.78 is 11.1. The third-order valence-electron chi connectivity index (χ3n) is 11.0. The number of nitrogens with zero attached hydrogens (tertiary/aromatic N) is 2.